The lowest BCUT2D eigenvalue weighted by Crippen LogP contribution is -2.66. The summed E-state index contributed by atoms with van der Waals surface area (Å²) in [5, 5.41) is 10.9. The van der Waals surface area contributed by atoms with E-state index < -0.39 is 0 Å². The molecule has 0 amide bonds. The van der Waals surface area contributed by atoms with Crippen molar-refractivity contribution >= 4 is 0 Å². The third-order valence-corrected chi connectivity index (χ3v) is 13.5. The van der Waals surface area contributed by atoms with Crippen molar-refractivity contribution in [3.63, 3.8) is 0 Å². The van der Waals surface area contributed by atoms with Gasteiger partial charge < -0.3 is 5.11 Å². The first-order valence-corrected chi connectivity index (χ1v) is 13.6. The van der Waals surface area contributed by atoms with Crippen LogP contribution < -0.4 is 0 Å². The van der Waals surface area contributed by atoms with Crippen LogP contribution in [0.5, 0.6) is 0 Å². The van der Waals surface area contributed by atoms with Crippen molar-refractivity contribution in [2.24, 2.45) is 56.7 Å². The van der Waals surface area contributed by atoms with Crippen molar-refractivity contribution in [1.82, 2.24) is 0 Å². The van der Waals surface area contributed by atoms with Gasteiger partial charge in [0.05, 0.1) is 6.10 Å². The highest BCUT2D eigenvalue weighted by Gasteiger charge is 2.70. The molecule has 0 aliphatic heterocycles. The molecule has 1 N–H and O–H groups in total. The molecule has 5 rings (SSSR count). The van der Waals surface area contributed by atoms with Gasteiger partial charge in [0.25, 0.3) is 0 Å². The van der Waals surface area contributed by atoms with Gasteiger partial charge in [-0.15, -0.1) is 0 Å². The van der Waals surface area contributed by atoms with Gasteiger partial charge in [-0.25, -0.2) is 0 Å². The van der Waals surface area contributed by atoms with Gasteiger partial charge in [0, 0.05) is 0 Å². The molecule has 0 radical (unpaired) electrons. The van der Waals surface area contributed by atoms with Gasteiger partial charge >= 0.3 is 0 Å². The molecular formula is C30H50O. The minimum absolute atomic E-state index is 0.0632. The summed E-state index contributed by atoms with van der Waals surface area (Å²) >= 11 is 0. The maximum Gasteiger partial charge on any atom is 0.0594 e. The first-order valence-electron chi connectivity index (χ1n) is 13.6. The minimum atomic E-state index is -0.118. The van der Waals surface area contributed by atoms with Gasteiger partial charge in [-0.3, -0.25) is 0 Å². The Labute approximate surface area is 192 Å². The molecule has 5 aliphatic carbocycles. The van der Waals surface area contributed by atoms with Crippen LogP contribution in [-0.4, -0.2) is 11.2 Å². The van der Waals surface area contributed by atoms with Crippen LogP contribution in [0, 0.1) is 56.7 Å². The number of aliphatic hydroxyl groups is 1. The van der Waals surface area contributed by atoms with E-state index in [0.29, 0.717) is 27.6 Å². The summed E-state index contributed by atoms with van der Waals surface area (Å²) in [7, 11) is 0. The number of fused-ring (bicyclic) bond motifs is 7. The summed E-state index contributed by atoms with van der Waals surface area (Å²) in [6, 6.07) is 0. The molecule has 5 saturated carbocycles. The second-order valence-corrected chi connectivity index (χ2v) is 14.7. The van der Waals surface area contributed by atoms with Gasteiger partial charge in [0.2, 0.25) is 0 Å². The topological polar surface area (TPSA) is 20.2 Å². The van der Waals surface area contributed by atoms with Crippen LogP contribution in [0.3, 0.4) is 0 Å². The number of rotatable bonds is 1. The van der Waals surface area contributed by atoms with Crippen molar-refractivity contribution in [3.8, 4) is 0 Å². The molecule has 5 fully saturated rings. The van der Waals surface area contributed by atoms with Crippen molar-refractivity contribution in [2.45, 2.75) is 119 Å². The molecule has 0 heterocycles. The van der Waals surface area contributed by atoms with Gasteiger partial charge in [0.15, 0.2) is 0 Å². The van der Waals surface area contributed by atoms with E-state index in [1.807, 2.05) is 0 Å². The molecule has 5 aliphatic rings. The molecule has 0 unspecified atom stereocenters. The fourth-order valence-corrected chi connectivity index (χ4v) is 11.5. The van der Waals surface area contributed by atoms with E-state index in [4.69, 9.17) is 0 Å². The first-order chi connectivity index (χ1) is 14.3. The lowest BCUT2D eigenvalue weighted by molar-refractivity contribution is -0.246. The Morgan fingerprint density at radius 1 is 0.742 bits per heavy atom. The van der Waals surface area contributed by atoms with Crippen LogP contribution in [0.25, 0.3) is 0 Å². The Bertz CT molecular complexity index is 766. The molecule has 0 aromatic heterocycles. The summed E-state index contributed by atoms with van der Waals surface area (Å²) in [6.07, 6.45) is 13.4. The van der Waals surface area contributed by atoms with Gasteiger partial charge in [0.1, 0.15) is 0 Å². The van der Waals surface area contributed by atoms with Crippen LogP contribution in [0.15, 0.2) is 12.2 Å². The minimum Gasteiger partial charge on any atom is -0.393 e. The molecule has 0 aromatic carbocycles. The van der Waals surface area contributed by atoms with E-state index in [0.717, 1.165) is 30.1 Å². The maximum atomic E-state index is 10.9. The SMILES string of the molecule is C=C(C)[C@@H]1CC[C@]2(C)CC[C@]3(C)[C@@H](CC[C@H]4[C@@]5(C)CC[C@H](O)C(C)(C)[C@@H]5CC[C@]43C)[C@H]12. The first kappa shape index (κ1) is 22.5. The Morgan fingerprint density at radius 3 is 2.13 bits per heavy atom. The van der Waals surface area contributed by atoms with E-state index >= 15 is 0 Å². The van der Waals surface area contributed by atoms with Crippen LogP contribution in [-0.2, 0) is 0 Å². The number of aliphatic hydroxyl groups excluding tert-OH is 1. The third-order valence-electron chi connectivity index (χ3n) is 13.5. The van der Waals surface area contributed by atoms with E-state index in [2.05, 4.69) is 55.0 Å². The predicted molar refractivity (Wildman–Crippen MR) is 131 cm³/mol. The van der Waals surface area contributed by atoms with Crippen LogP contribution >= 0.6 is 0 Å². The fraction of sp³-hybridized carbons (Fsp3) is 0.933. The van der Waals surface area contributed by atoms with Crippen LogP contribution in [0.1, 0.15) is 113 Å². The second kappa shape index (κ2) is 6.64. The summed E-state index contributed by atoms with van der Waals surface area (Å²) in [6.45, 7) is 22.3. The Morgan fingerprint density at radius 2 is 1.45 bits per heavy atom. The molecular weight excluding hydrogens is 376 g/mol. The average Bonchev–Trinajstić information content (AvgIpc) is 3.04. The van der Waals surface area contributed by atoms with Crippen LogP contribution in [0.2, 0.25) is 0 Å². The number of allylic oxidation sites excluding steroid dienone is 1. The highest BCUT2D eigenvalue weighted by Crippen LogP contribution is 2.77. The normalized spacial score (nSPS) is 57.9. The van der Waals surface area contributed by atoms with E-state index in [1.165, 1.54) is 63.4 Å². The number of hydrogen-bond acceptors (Lipinski definition) is 1. The maximum absolute atomic E-state index is 10.9. The molecule has 0 aromatic rings. The smallest absolute Gasteiger partial charge is 0.0594 e. The quantitative estimate of drug-likeness (QED) is 0.421. The Hall–Kier alpha value is -0.300. The molecule has 10 atom stereocenters. The molecule has 31 heavy (non-hydrogen) atoms. The molecule has 176 valence electrons. The highest BCUT2D eigenvalue weighted by atomic mass is 16.3. The molecule has 0 spiro atoms. The summed E-state index contributed by atoms with van der Waals surface area (Å²) in [5.74, 6) is 3.98. The largest absolute Gasteiger partial charge is 0.393 e. The Kier molecular flexibility index (Phi) is 4.82. The van der Waals surface area contributed by atoms with Gasteiger partial charge in [-0.1, -0.05) is 53.7 Å². The molecule has 1 nitrogen and oxygen atoms in total. The van der Waals surface area contributed by atoms with Gasteiger partial charge in [-0.05, 0) is 128 Å². The monoisotopic (exact) mass is 426 g/mol. The van der Waals surface area contributed by atoms with Crippen molar-refractivity contribution < 1.29 is 5.11 Å². The predicted octanol–water partition coefficient (Wildman–Crippen LogP) is 8.02. The van der Waals surface area contributed by atoms with Crippen molar-refractivity contribution in [2.75, 3.05) is 0 Å². The zero-order valence-corrected chi connectivity index (χ0v) is 21.7. The standard InChI is InChI=1S/C30H50O/c1-19(2)20-11-14-27(5)17-18-29(7)21(25(20)27)9-10-23-28(6)15-13-24(31)26(3,4)22(28)12-16-30(23,29)8/h20-25,31H,1,9-18H2,2-8H3/t20-,21-,22-,23-,24-,25-,27+,28-,29+,30+/m0/s1. The number of hydrogen-bond donors (Lipinski definition) is 1. The summed E-state index contributed by atoms with van der Waals surface area (Å²) < 4.78 is 0. The fourth-order valence-electron chi connectivity index (χ4n) is 11.5. The zero-order chi connectivity index (χ0) is 22.6. The van der Waals surface area contributed by atoms with Crippen LogP contribution in [0.4, 0.5) is 0 Å². The Balaban J connectivity index is 1.54. The highest BCUT2D eigenvalue weighted by molar-refractivity contribution is 5.21. The molecule has 1 heteroatoms. The average molecular weight is 427 g/mol. The lowest BCUT2D eigenvalue weighted by Gasteiger charge is -2.73. The summed E-state index contributed by atoms with van der Waals surface area (Å²) in [5.41, 5.74) is 3.38. The second-order valence-electron chi connectivity index (χ2n) is 14.7. The molecule has 0 saturated heterocycles. The molecule has 0 bridgehead atoms. The van der Waals surface area contributed by atoms with Crippen molar-refractivity contribution in [1.29, 1.82) is 0 Å². The van der Waals surface area contributed by atoms with E-state index in [9.17, 15) is 5.11 Å². The lowest BCUT2D eigenvalue weighted by atomic mass is 9.32. The van der Waals surface area contributed by atoms with E-state index in [1.54, 1.807) is 0 Å². The van der Waals surface area contributed by atoms with Gasteiger partial charge in [-0.2, -0.15) is 0 Å². The van der Waals surface area contributed by atoms with E-state index in [-0.39, 0.29) is 11.5 Å². The third kappa shape index (κ3) is 2.65. The summed E-state index contributed by atoms with van der Waals surface area (Å²) in [4.78, 5) is 0. The van der Waals surface area contributed by atoms with Crippen molar-refractivity contribution in [3.05, 3.63) is 12.2 Å². The zero-order valence-electron chi connectivity index (χ0n) is 21.7.